The largest absolute Gasteiger partial charge is 0.465 e. The Kier molecular flexibility index (Phi) is 6.44. The van der Waals surface area contributed by atoms with Crippen LogP contribution >= 0.6 is 0 Å². The summed E-state index contributed by atoms with van der Waals surface area (Å²) in [5.41, 5.74) is 1.16. The lowest BCUT2D eigenvalue weighted by Gasteiger charge is -2.00. The summed E-state index contributed by atoms with van der Waals surface area (Å²) < 4.78 is 4.95. The second kappa shape index (κ2) is 6.89. The van der Waals surface area contributed by atoms with Gasteiger partial charge < -0.3 is 4.74 Å². The first kappa shape index (κ1) is 11.2. The van der Waals surface area contributed by atoms with E-state index in [4.69, 9.17) is 4.74 Å². The number of unbranched alkanes of at least 4 members (excludes halogenated alkanes) is 1. The lowest BCUT2D eigenvalue weighted by molar-refractivity contribution is -0.142. The molecule has 0 amide bonds. The molecule has 0 unspecified atom stereocenters. The van der Waals surface area contributed by atoms with Crippen molar-refractivity contribution >= 4 is 5.97 Å². The summed E-state index contributed by atoms with van der Waals surface area (Å²) in [5, 5.41) is 0. The fourth-order valence-electron chi connectivity index (χ4n) is 0.677. The minimum Gasteiger partial charge on any atom is -0.465 e. The van der Waals surface area contributed by atoms with E-state index in [2.05, 4.69) is 6.92 Å². The van der Waals surface area contributed by atoms with E-state index in [1.54, 1.807) is 0 Å². The number of carbonyl (C=O) groups is 1. The molecule has 2 heteroatoms. The number of carbonyl (C=O) groups excluding carboxylic acids is 1. The molecule has 70 valence electrons. The van der Waals surface area contributed by atoms with E-state index in [-0.39, 0.29) is 5.97 Å². The third-order valence-electron chi connectivity index (χ3n) is 1.44. The van der Waals surface area contributed by atoms with E-state index in [1.165, 1.54) is 0 Å². The minimum absolute atomic E-state index is 0.121. The molecule has 0 N–H and O–H groups in total. The normalized spacial score (nSPS) is 9.25. The van der Waals surface area contributed by atoms with Crippen molar-refractivity contribution in [1.82, 2.24) is 0 Å². The molecule has 0 aromatic heterocycles. The molecule has 0 radical (unpaired) electrons. The minimum atomic E-state index is -0.121. The highest BCUT2D eigenvalue weighted by Gasteiger charge is 1.97. The lowest BCUT2D eigenvalue weighted by atomic mass is 10.3. The van der Waals surface area contributed by atoms with Crippen LogP contribution in [0.5, 0.6) is 0 Å². The molecule has 0 fully saturated rings. The molecule has 0 aliphatic rings. The Labute approximate surface area is 74.6 Å². The zero-order valence-corrected chi connectivity index (χ0v) is 8.22. The van der Waals surface area contributed by atoms with Gasteiger partial charge in [-0.2, -0.15) is 0 Å². The molecule has 0 atom stereocenters. The van der Waals surface area contributed by atoms with E-state index < -0.39 is 0 Å². The molecule has 0 bridgehead atoms. The number of esters is 1. The zero-order chi connectivity index (χ0) is 9.40. The van der Waals surface area contributed by atoms with Crippen LogP contribution in [0.2, 0.25) is 0 Å². The fourth-order valence-corrected chi connectivity index (χ4v) is 0.677. The van der Waals surface area contributed by atoms with Crippen molar-refractivity contribution < 1.29 is 9.53 Å². The Morgan fingerprint density at radius 2 is 2.08 bits per heavy atom. The topological polar surface area (TPSA) is 26.3 Å². The summed E-state index contributed by atoms with van der Waals surface area (Å²) in [6.45, 7) is 6.58. The van der Waals surface area contributed by atoms with Crippen LogP contribution in [0, 0.1) is 0 Å². The molecular weight excluding hydrogens is 152 g/mol. The van der Waals surface area contributed by atoms with Crippen LogP contribution < -0.4 is 0 Å². The molecule has 0 spiro atoms. The Morgan fingerprint density at radius 1 is 1.42 bits per heavy atom. The highest BCUT2D eigenvalue weighted by molar-refractivity contribution is 5.71. The van der Waals surface area contributed by atoms with Crippen molar-refractivity contribution in [2.24, 2.45) is 0 Å². The van der Waals surface area contributed by atoms with Crippen molar-refractivity contribution in [1.29, 1.82) is 0 Å². The van der Waals surface area contributed by atoms with E-state index >= 15 is 0 Å². The zero-order valence-electron chi connectivity index (χ0n) is 8.22. The fraction of sp³-hybridized carbons (Fsp3) is 0.700. The van der Waals surface area contributed by atoms with Gasteiger partial charge in [-0.3, -0.25) is 4.79 Å². The molecule has 12 heavy (non-hydrogen) atoms. The molecule has 0 aromatic carbocycles. The van der Waals surface area contributed by atoms with Crippen LogP contribution in [0.1, 0.15) is 40.0 Å². The Balaban J connectivity index is 3.41. The van der Waals surface area contributed by atoms with E-state index in [9.17, 15) is 4.79 Å². The molecule has 0 aliphatic carbocycles. The van der Waals surface area contributed by atoms with Crippen molar-refractivity contribution in [2.75, 3.05) is 6.61 Å². The van der Waals surface area contributed by atoms with Gasteiger partial charge >= 0.3 is 5.97 Å². The molecule has 0 heterocycles. The van der Waals surface area contributed by atoms with E-state index in [1.807, 2.05) is 19.9 Å². The van der Waals surface area contributed by atoms with Gasteiger partial charge in [0.25, 0.3) is 0 Å². The van der Waals surface area contributed by atoms with E-state index in [0.717, 1.165) is 18.4 Å². The van der Waals surface area contributed by atoms with Crippen molar-refractivity contribution in [3.05, 3.63) is 11.6 Å². The van der Waals surface area contributed by atoms with Gasteiger partial charge in [0.1, 0.15) is 0 Å². The summed E-state index contributed by atoms with van der Waals surface area (Å²) in [7, 11) is 0. The van der Waals surface area contributed by atoms with Crippen molar-refractivity contribution in [3.8, 4) is 0 Å². The maximum Gasteiger partial charge on any atom is 0.309 e. The van der Waals surface area contributed by atoms with Gasteiger partial charge in [-0.05, 0) is 20.3 Å². The van der Waals surface area contributed by atoms with Crippen LogP contribution in [0.4, 0.5) is 0 Å². The van der Waals surface area contributed by atoms with Crippen molar-refractivity contribution in [2.45, 2.75) is 40.0 Å². The summed E-state index contributed by atoms with van der Waals surface area (Å²) in [4.78, 5) is 11.0. The number of allylic oxidation sites excluding steroid dienone is 1. The Morgan fingerprint density at radius 3 is 2.58 bits per heavy atom. The smallest absolute Gasteiger partial charge is 0.309 e. The molecule has 0 rings (SSSR count). The average Bonchev–Trinajstić information content (AvgIpc) is 2.01. The second-order valence-corrected chi connectivity index (χ2v) is 3.06. The molecule has 2 nitrogen and oxygen atoms in total. The first-order valence-electron chi connectivity index (χ1n) is 4.45. The first-order chi connectivity index (χ1) is 5.66. The van der Waals surface area contributed by atoms with Gasteiger partial charge in [0.05, 0.1) is 13.0 Å². The van der Waals surface area contributed by atoms with Gasteiger partial charge in [-0.1, -0.05) is 25.0 Å². The lowest BCUT2D eigenvalue weighted by Crippen LogP contribution is -2.04. The monoisotopic (exact) mass is 170 g/mol. The van der Waals surface area contributed by atoms with Gasteiger partial charge in [0.2, 0.25) is 0 Å². The summed E-state index contributed by atoms with van der Waals surface area (Å²) in [6.07, 6.45) is 4.32. The summed E-state index contributed by atoms with van der Waals surface area (Å²) in [5.74, 6) is -0.121. The third kappa shape index (κ3) is 7.32. The number of ether oxygens (including phenoxy) is 1. The molecule has 0 aliphatic heterocycles. The quantitative estimate of drug-likeness (QED) is 0.360. The standard InChI is InChI=1S/C10H18O2/c1-4-5-8-12-10(11)7-6-9(2)3/h6H,4-5,7-8H2,1-3H3. The highest BCUT2D eigenvalue weighted by Crippen LogP contribution is 1.96. The number of hydrogen-bond donors (Lipinski definition) is 0. The predicted molar refractivity (Wildman–Crippen MR) is 49.9 cm³/mol. The van der Waals surface area contributed by atoms with E-state index in [0.29, 0.717) is 13.0 Å². The summed E-state index contributed by atoms with van der Waals surface area (Å²) >= 11 is 0. The van der Waals surface area contributed by atoms with Crippen molar-refractivity contribution in [3.63, 3.8) is 0 Å². The average molecular weight is 170 g/mol. The third-order valence-corrected chi connectivity index (χ3v) is 1.44. The molecule has 0 aromatic rings. The van der Waals surface area contributed by atoms with Crippen LogP contribution in [-0.2, 0) is 9.53 Å². The number of hydrogen-bond acceptors (Lipinski definition) is 2. The second-order valence-electron chi connectivity index (χ2n) is 3.06. The Bertz CT molecular complexity index is 155. The van der Waals surface area contributed by atoms with Crippen LogP contribution in [0.25, 0.3) is 0 Å². The number of rotatable bonds is 5. The Hall–Kier alpha value is -0.790. The maximum absolute atomic E-state index is 11.0. The van der Waals surface area contributed by atoms with Crippen LogP contribution in [0.15, 0.2) is 11.6 Å². The van der Waals surface area contributed by atoms with Gasteiger partial charge in [0, 0.05) is 0 Å². The maximum atomic E-state index is 11.0. The van der Waals surface area contributed by atoms with Crippen LogP contribution in [-0.4, -0.2) is 12.6 Å². The SMILES string of the molecule is CCCCOC(=O)CC=C(C)C. The predicted octanol–water partition coefficient (Wildman–Crippen LogP) is 2.69. The molecular formula is C10H18O2. The summed E-state index contributed by atoms with van der Waals surface area (Å²) in [6, 6.07) is 0. The molecule has 0 saturated heterocycles. The molecule has 0 saturated carbocycles. The first-order valence-corrected chi connectivity index (χ1v) is 4.45. The van der Waals surface area contributed by atoms with Gasteiger partial charge in [-0.25, -0.2) is 0 Å². The highest BCUT2D eigenvalue weighted by atomic mass is 16.5. The van der Waals surface area contributed by atoms with Gasteiger partial charge in [0.15, 0.2) is 0 Å². The van der Waals surface area contributed by atoms with Gasteiger partial charge in [-0.15, -0.1) is 0 Å². The van der Waals surface area contributed by atoms with Crippen LogP contribution in [0.3, 0.4) is 0 Å².